The van der Waals surface area contributed by atoms with Crippen LogP contribution in [-0.4, -0.2) is 37.2 Å². The van der Waals surface area contributed by atoms with Gasteiger partial charge >= 0.3 is 6.03 Å². The first kappa shape index (κ1) is 16.7. The number of hydrogen-bond acceptors (Lipinski definition) is 2. The SMILES string of the molecule is Cc1ccccc1OCCCNC(=O)N(C)C1CCCCC1. The lowest BCUT2D eigenvalue weighted by molar-refractivity contribution is 0.173. The summed E-state index contributed by atoms with van der Waals surface area (Å²) in [7, 11) is 1.91. The van der Waals surface area contributed by atoms with Gasteiger partial charge in [-0.3, -0.25) is 0 Å². The van der Waals surface area contributed by atoms with Crippen molar-refractivity contribution in [3.05, 3.63) is 29.8 Å². The number of carbonyl (C=O) groups excluding carboxylic acids is 1. The average molecular weight is 304 g/mol. The van der Waals surface area contributed by atoms with E-state index in [4.69, 9.17) is 4.74 Å². The number of ether oxygens (including phenoxy) is 1. The summed E-state index contributed by atoms with van der Waals surface area (Å²) in [6.07, 6.45) is 6.89. The minimum absolute atomic E-state index is 0.0443. The maximum Gasteiger partial charge on any atom is 0.317 e. The predicted octanol–water partition coefficient (Wildman–Crippen LogP) is 3.74. The van der Waals surface area contributed by atoms with Gasteiger partial charge in [0.25, 0.3) is 0 Å². The quantitative estimate of drug-likeness (QED) is 0.813. The zero-order chi connectivity index (χ0) is 15.8. The third-order valence-electron chi connectivity index (χ3n) is 4.39. The zero-order valence-corrected chi connectivity index (χ0v) is 13.8. The van der Waals surface area contributed by atoms with Crippen LogP contribution < -0.4 is 10.1 Å². The maximum atomic E-state index is 12.1. The van der Waals surface area contributed by atoms with Crippen LogP contribution in [-0.2, 0) is 0 Å². The largest absolute Gasteiger partial charge is 0.493 e. The number of aryl methyl sites for hydroxylation is 1. The summed E-state index contributed by atoms with van der Waals surface area (Å²) in [5.74, 6) is 0.924. The number of rotatable bonds is 6. The van der Waals surface area contributed by atoms with Crippen molar-refractivity contribution in [1.82, 2.24) is 10.2 Å². The Morgan fingerprint density at radius 3 is 2.73 bits per heavy atom. The van der Waals surface area contributed by atoms with E-state index < -0.39 is 0 Å². The van der Waals surface area contributed by atoms with Crippen LogP contribution in [0.15, 0.2) is 24.3 Å². The molecule has 122 valence electrons. The number of amides is 2. The first-order valence-corrected chi connectivity index (χ1v) is 8.37. The molecule has 1 aliphatic rings. The van der Waals surface area contributed by atoms with Crippen molar-refractivity contribution in [2.24, 2.45) is 0 Å². The van der Waals surface area contributed by atoms with E-state index in [0.29, 0.717) is 19.2 Å². The standard InChI is InChI=1S/C18H28N2O2/c1-15-9-6-7-12-17(15)22-14-8-13-19-18(21)20(2)16-10-4-3-5-11-16/h6-7,9,12,16H,3-5,8,10-11,13-14H2,1-2H3,(H,19,21). The lowest BCUT2D eigenvalue weighted by atomic mass is 9.95. The van der Waals surface area contributed by atoms with Crippen molar-refractivity contribution >= 4 is 6.03 Å². The maximum absolute atomic E-state index is 12.1. The first-order valence-electron chi connectivity index (χ1n) is 8.37. The van der Waals surface area contributed by atoms with E-state index in [1.165, 1.54) is 19.3 Å². The molecule has 1 fully saturated rings. The molecule has 0 aromatic heterocycles. The molecule has 2 rings (SSSR count). The van der Waals surface area contributed by atoms with Crippen molar-refractivity contribution in [2.45, 2.75) is 51.5 Å². The van der Waals surface area contributed by atoms with Crippen molar-refractivity contribution < 1.29 is 9.53 Å². The molecule has 1 aromatic rings. The highest BCUT2D eigenvalue weighted by Gasteiger charge is 2.21. The summed E-state index contributed by atoms with van der Waals surface area (Å²) in [5, 5.41) is 2.99. The molecule has 0 radical (unpaired) electrons. The monoisotopic (exact) mass is 304 g/mol. The molecule has 0 unspecified atom stereocenters. The van der Waals surface area contributed by atoms with Gasteiger partial charge in [-0.25, -0.2) is 4.79 Å². The predicted molar refractivity (Wildman–Crippen MR) is 89.3 cm³/mol. The molecule has 4 heteroatoms. The molecule has 0 heterocycles. The molecule has 1 aliphatic carbocycles. The average Bonchev–Trinajstić information content (AvgIpc) is 2.56. The van der Waals surface area contributed by atoms with Crippen LogP contribution in [0.25, 0.3) is 0 Å². The van der Waals surface area contributed by atoms with Crippen LogP contribution in [0, 0.1) is 6.92 Å². The van der Waals surface area contributed by atoms with Gasteiger partial charge in [-0.2, -0.15) is 0 Å². The fourth-order valence-corrected chi connectivity index (χ4v) is 2.93. The highest BCUT2D eigenvalue weighted by molar-refractivity contribution is 5.74. The second-order valence-corrected chi connectivity index (χ2v) is 6.10. The van der Waals surface area contributed by atoms with Crippen LogP contribution in [0.4, 0.5) is 4.79 Å². The van der Waals surface area contributed by atoms with E-state index in [9.17, 15) is 4.79 Å². The van der Waals surface area contributed by atoms with E-state index in [1.54, 1.807) is 0 Å². The van der Waals surface area contributed by atoms with E-state index in [2.05, 4.69) is 5.32 Å². The number of nitrogens with zero attached hydrogens (tertiary/aromatic N) is 1. The number of carbonyl (C=O) groups is 1. The normalized spacial score (nSPS) is 15.4. The van der Waals surface area contributed by atoms with Gasteiger partial charge in [-0.15, -0.1) is 0 Å². The zero-order valence-electron chi connectivity index (χ0n) is 13.8. The molecule has 2 amide bonds. The number of hydrogen-bond donors (Lipinski definition) is 1. The molecule has 22 heavy (non-hydrogen) atoms. The summed E-state index contributed by atoms with van der Waals surface area (Å²) in [5.41, 5.74) is 1.14. The van der Waals surface area contributed by atoms with Crippen LogP contribution >= 0.6 is 0 Å². The first-order chi connectivity index (χ1) is 10.7. The fourth-order valence-electron chi connectivity index (χ4n) is 2.93. The summed E-state index contributed by atoms with van der Waals surface area (Å²) in [4.78, 5) is 14.0. The molecule has 0 bridgehead atoms. The molecule has 1 N–H and O–H groups in total. The molecule has 1 aromatic carbocycles. The Morgan fingerprint density at radius 1 is 1.27 bits per heavy atom. The van der Waals surface area contributed by atoms with Crippen LogP contribution in [0.1, 0.15) is 44.1 Å². The number of benzene rings is 1. The van der Waals surface area contributed by atoms with Crippen LogP contribution in [0.5, 0.6) is 5.75 Å². The Kier molecular flexibility index (Phi) is 6.56. The van der Waals surface area contributed by atoms with Gasteiger partial charge in [0, 0.05) is 19.6 Å². The number of nitrogens with one attached hydrogen (secondary N) is 1. The van der Waals surface area contributed by atoms with Crippen molar-refractivity contribution in [2.75, 3.05) is 20.2 Å². The van der Waals surface area contributed by atoms with E-state index in [1.807, 2.05) is 43.1 Å². The molecular weight excluding hydrogens is 276 g/mol. The lowest BCUT2D eigenvalue weighted by Crippen LogP contribution is -2.44. The minimum atomic E-state index is 0.0443. The highest BCUT2D eigenvalue weighted by Crippen LogP contribution is 2.21. The van der Waals surface area contributed by atoms with Gasteiger partial charge in [0.1, 0.15) is 5.75 Å². The van der Waals surface area contributed by atoms with Gasteiger partial charge < -0.3 is 15.0 Å². The molecule has 4 nitrogen and oxygen atoms in total. The smallest absolute Gasteiger partial charge is 0.317 e. The molecule has 0 saturated heterocycles. The molecular formula is C18H28N2O2. The second kappa shape index (κ2) is 8.66. The lowest BCUT2D eigenvalue weighted by Gasteiger charge is -2.31. The Labute approximate surface area is 133 Å². The van der Waals surface area contributed by atoms with E-state index >= 15 is 0 Å². The van der Waals surface area contributed by atoms with Gasteiger partial charge in [0.05, 0.1) is 6.61 Å². The molecule has 0 aliphatic heterocycles. The third-order valence-corrected chi connectivity index (χ3v) is 4.39. The van der Waals surface area contributed by atoms with Crippen molar-refractivity contribution in [1.29, 1.82) is 0 Å². The Hall–Kier alpha value is -1.71. The van der Waals surface area contributed by atoms with Gasteiger partial charge in [-0.05, 0) is 37.8 Å². The third kappa shape index (κ3) is 4.93. The number of urea groups is 1. The highest BCUT2D eigenvalue weighted by atomic mass is 16.5. The molecule has 0 atom stereocenters. The van der Waals surface area contributed by atoms with E-state index in [0.717, 1.165) is 30.6 Å². The molecule has 1 saturated carbocycles. The van der Waals surface area contributed by atoms with Crippen molar-refractivity contribution in [3.63, 3.8) is 0 Å². The summed E-state index contributed by atoms with van der Waals surface area (Å²) in [6.45, 7) is 3.32. The van der Waals surface area contributed by atoms with Crippen LogP contribution in [0.3, 0.4) is 0 Å². The summed E-state index contributed by atoms with van der Waals surface area (Å²) >= 11 is 0. The summed E-state index contributed by atoms with van der Waals surface area (Å²) < 4.78 is 5.73. The Morgan fingerprint density at radius 2 is 2.00 bits per heavy atom. The van der Waals surface area contributed by atoms with E-state index in [-0.39, 0.29) is 6.03 Å². The van der Waals surface area contributed by atoms with Gasteiger partial charge in [-0.1, -0.05) is 37.5 Å². The fraction of sp³-hybridized carbons (Fsp3) is 0.611. The topological polar surface area (TPSA) is 41.6 Å². The number of para-hydroxylation sites is 1. The minimum Gasteiger partial charge on any atom is -0.493 e. The van der Waals surface area contributed by atoms with Crippen molar-refractivity contribution in [3.8, 4) is 5.75 Å². The van der Waals surface area contributed by atoms with Gasteiger partial charge in [0.2, 0.25) is 0 Å². The van der Waals surface area contributed by atoms with Crippen LogP contribution in [0.2, 0.25) is 0 Å². The summed E-state index contributed by atoms with van der Waals surface area (Å²) in [6, 6.07) is 8.45. The Balaban J connectivity index is 1.61. The Bertz CT molecular complexity index is 470. The molecule has 0 spiro atoms. The second-order valence-electron chi connectivity index (χ2n) is 6.10. The van der Waals surface area contributed by atoms with Gasteiger partial charge in [0.15, 0.2) is 0 Å².